The molecule has 5 rings (SSSR count). The number of aliphatic hydroxyl groups excluding tert-OH is 4. The fourth-order valence-corrected chi connectivity index (χ4v) is 5.20. The van der Waals surface area contributed by atoms with Crippen molar-refractivity contribution in [1.29, 1.82) is 0 Å². The van der Waals surface area contributed by atoms with Gasteiger partial charge in [0.15, 0.2) is 17.6 Å². The van der Waals surface area contributed by atoms with Crippen LogP contribution in [0.5, 0.6) is 17.2 Å². The number of hydrogen-bond donors (Lipinski definition) is 6. The molecule has 2 heterocycles. The van der Waals surface area contributed by atoms with E-state index < -0.39 is 42.7 Å². The standard InChI is InChI=1S/C30H34N2O10/c1-39-21-10-4-5-11-22(21)40-14-13-32(29-27(36)25(34)26(35)28(42-29)30(37)38)15-17(33)16-41-23-12-6-9-20-24(23)18-7-2-3-8-19(18)31-20/h2-12,17,25-29,31,33-36H,13-16H2,1H3,(H,37,38)/t17?,25-,26-,27+,28-,29+/m0/s1. The second-order valence-electron chi connectivity index (χ2n) is 10.1. The Kier molecular flexibility index (Phi) is 9.12. The van der Waals surface area contributed by atoms with E-state index in [1.165, 1.54) is 12.0 Å². The summed E-state index contributed by atoms with van der Waals surface area (Å²) in [5.41, 5.74) is 1.83. The summed E-state index contributed by atoms with van der Waals surface area (Å²) in [6, 6.07) is 20.4. The Morgan fingerprint density at radius 1 is 0.905 bits per heavy atom. The van der Waals surface area contributed by atoms with E-state index in [1.807, 2.05) is 36.4 Å². The maximum atomic E-state index is 11.7. The second-order valence-corrected chi connectivity index (χ2v) is 10.1. The maximum absolute atomic E-state index is 11.7. The van der Waals surface area contributed by atoms with Crippen molar-refractivity contribution >= 4 is 27.8 Å². The molecule has 0 radical (unpaired) electrons. The van der Waals surface area contributed by atoms with E-state index in [9.17, 15) is 30.3 Å². The van der Waals surface area contributed by atoms with Crippen LogP contribution in [0.4, 0.5) is 0 Å². The Labute approximate surface area is 241 Å². The summed E-state index contributed by atoms with van der Waals surface area (Å²) in [5.74, 6) is 0.0230. The van der Waals surface area contributed by atoms with Crippen molar-refractivity contribution in [3.63, 3.8) is 0 Å². The van der Waals surface area contributed by atoms with E-state index >= 15 is 0 Å². The second kappa shape index (κ2) is 12.9. The van der Waals surface area contributed by atoms with Gasteiger partial charge in [0.1, 0.15) is 49.6 Å². The lowest BCUT2D eigenvalue weighted by atomic mass is 9.97. The summed E-state index contributed by atoms with van der Waals surface area (Å²) in [6.45, 7) is -0.204. The Morgan fingerprint density at radius 3 is 2.36 bits per heavy atom. The van der Waals surface area contributed by atoms with E-state index in [2.05, 4.69) is 4.98 Å². The highest BCUT2D eigenvalue weighted by Gasteiger charge is 2.49. The average Bonchev–Trinajstić information content (AvgIpc) is 3.38. The monoisotopic (exact) mass is 582 g/mol. The number of H-pyrrole nitrogens is 1. The van der Waals surface area contributed by atoms with Crippen molar-refractivity contribution in [2.75, 3.05) is 33.4 Å². The summed E-state index contributed by atoms with van der Waals surface area (Å²) in [7, 11) is 1.51. The highest BCUT2D eigenvalue weighted by atomic mass is 16.6. The van der Waals surface area contributed by atoms with Crippen LogP contribution in [0.15, 0.2) is 66.7 Å². The van der Waals surface area contributed by atoms with E-state index in [0.717, 1.165) is 21.8 Å². The fraction of sp³-hybridized carbons (Fsp3) is 0.367. The van der Waals surface area contributed by atoms with Crippen molar-refractivity contribution in [2.24, 2.45) is 0 Å². The number of aromatic nitrogens is 1. The molecule has 1 aromatic heterocycles. The minimum atomic E-state index is -1.84. The lowest BCUT2D eigenvalue weighted by molar-refractivity contribution is -0.262. The molecule has 42 heavy (non-hydrogen) atoms. The third kappa shape index (κ3) is 6.14. The quantitative estimate of drug-likeness (QED) is 0.142. The number of carbonyl (C=O) groups is 1. The molecule has 12 heteroatoms. The van der Waals surface area contributed by atoms with Gasteiger partial charge >= 0.3 is 5.97 Å². The molecule has 0 spiro atoms. The number of rotatable bonds is 12. The van der Waals surface area contributed by atoms with Gasteiger partial charge in [-0.25, -0.2) is 4.79 Å². The predicted molar refractivity (Wildman–Crippen MR) is 152 cm³/mol. The van der Waals surface area contributed by atoms with Gasteiger partial charge in [-0.05, 0) is 30.3 Å². The number of benzene rings is 3. The molecule has 0 saturated carbocycles. The molecule has 3 aromatic carbocycles. The van der Waals surface area contributed by atoms with Gasteiger partial charge in [-0.15, -0.1) is 0 Å². The number of hydrogen-bond acceptors (Lipinski definition) is 10. The van der Waals surface area contributed by atoms with Gasteiger partial charge in [0.05, 0.1) is 12.6 Å². The first-order valence-electron chi connectivity index (χ1n) is 13.5. The Hall–Kier alpha value is -3.91. The summed E-state index contributed by atoms with van der Waals surface area (Å²) >= 11 is 0. The highest BCUT2D eigenvalue weighted by molar-refractivity contribution is 6.10. The van der Waals surface area contributed by atoms with Crippen LogP contribution in [0.1, 0.15) is 0 Å². The Morgan fingerprint density at radius 2 is 1.60 bits per heavy atom. The molecule has 1 aliphatic rings. The molecule has 1 unspecified atom stereocenters. The van der Waals surface area contributed by atoms with Gasteiger partial charge in [-0.3, -0.25) is 4.90 Å². The summed E-state index contributed by atoms with van der Waals surface area (Å²) in [6.07, 6.45) is -9.60. The molecule has 6 N–H and O–H groups in total. The normalized spacial score (nSPS) is 23.2. The van der Waals surface area contributed by atoms with Crippen molar-refractivity contribution < 1.29 is 49.3 Å². The number of aliphatic hydroxyl groups is 4. The number of methoxy groups -OCH3 is 1. The Bertz CT molecular complexity index is 1510. The first-order valence-corrected chi connectivity index (χ1v) is 13.5. The van der Waals surface area contributed by atoms with Crippen LogP contribution >= 0.6 is 0 Å². The van der Waals surface area contributed by atoms with Gasteiger partial charge < -0.3 is 49.5 Å². The number of carboxylic acid groups (broad SMARTS) is 1. The van der Waals surface area contributed by atoms with Crippen molar-refractivity contribution in [3.05, 3.63) is 66.7 Å². The Balaban J connectivity index is 1.32. The molecule has 0 bridgehead atoms. The third-order valence-electron chi connectivity index (χ3n) is 7.27. The van der Waals surface area contributed by atoms with Crippen molar-refractivity contribution in [2.45, 2.75) is 36.7 Å². The van der Waals surface area contributed by atoms with Crippen LogP contribution in [0.3, 0.4) is 0 Å². The number of carboxylic acids is 1. The van der Waals surface area contributed by atoms with Crippen LogP contribution in [-0.4, -0.2) is 112 Å². The number of nitrogens with one attached hydrogen (secondary N) is 1. The first-order chi connectivity index (χ1) is 20.3. The van der Waals surface area contributed by atoms with Gasteiger partial charge in [0, 0.05) is 29.4 Å². The van der Waals surface area contributed by atoms with Crippen LogP contribution in [0.25, 0.3) is 21.8 Å². The van der Waals surface area contributed by atoms with Gasteiger partial charge in [-0.2, -0.15) is 0 Å². The van der Waals surface area contributed by atoms with Gasteiger partial charge in [0.2, 0.25) is 0 Å². The summed E-state index contributed by atoms with van der Waals surface area (Å²) in [5, 5.41) is 53.7. The topological polar surface area (TPSA) is 174 Å². The minimum Gasteiger partial charge on any atom is -0.493 e. The molecule has 1 saturated heterocycles. The average molecular weight is 583 g/mol. The van der Waals surface area contributed by atoms with Crippen molar-refractivity contribution in [1.82, 2.24) is 9.88 Å². The zero-order chi connectivity index (χ0) is 29.8. The van der Waals surface area contributed by atoms with Crippen LogP contribution in [0.2, 0.25) is 0 Å². The molecule has 224 valence electrons. The van der Waals surface area contributed by atoms with Crippen LogP contribution in [-0.2, 0) is 9.53 Å². The molecule has 0 amide bonds. The molecular weight excluding hydrogens is 548 g/mol. The number of para-hydroxylation sites is 3. The fourth-order valence-electron chi connectivity index (χ4n) is 5.20. The first kappa shape index (κ1) is 29.6. The molecule has 6 atom stereocenters. The van der Waals surface area contributed by atoms with Crippen LogP contribution in [0, 0.1) is 0 Å². The molecule has 12 nitrogen and oxygen atoms in total. The van der Waals surface area contributed by atoms with Crippen molar-refractivity contribution in [3.8, 4) is 17.2 Å². The minimum absolute atomic E-state index is 0.0333. The highest BCUT2D eigenvalue weighted by Crippen LogP contribution is 2.33. The third-order valence-corrected chi connectivity index (χ3v) is 7.27. The lowest BCUT2D eigenvalue weighted by Crippen LogP contribution is -2.65. The van der Waals surface area contributed by atoms with Crippen LogP contribution < -0.4 is 14.2 Å². The molecular formula is C30H34N2O10. The largest absolute Gasteiger partial charge is 0.493 e. The van der Waals surface area contributed by atoms with Gasteiger partial charge in [-0.1, -0.05) is 36.4 Å². The number of nitrogens with zero attached hydrogens (tertiary/aromatic N) is 1. The number of fused-ring (bicyclic) bond motifs is 3. The summed E-state index contributed by atoms with van der Waals surface area (Å²) < 4.78 is 22.7. The maximum Gasteiger partial charge on any atom is 0.335 e. The predicted octanol–water partition coefficient (Wildman–Crippen LogP) is 1.34. The zero-order valence-electron chi connectivity index (χ0n) is 22.9. The number of aromatic amines is 1. The molecule has 0 aliphatic carbocycles. The smallest absolute Gasteiger partial charge is 0.335 e. The summed E-state index contributed by atoms with van der Waals surface area (Å²) in [4.78, 5) is 16.5. The van der Waals surface area contributed by atoms with Gasteiger partial charge in [0.25, 0.3) is 0 Å². The molecule has 1 aliphatic heterocycles. The van der Waals surface area contributed by atoms with E-state index in [-0.39, 0.29) is 26.3 Å². The molecule has 1 fully saturated rings. The lowest BCUT2D eigenvalue weighted by Gasteiger charge is -2.44. The van der Waals surface area contributed by atoms with E-state index in [0.29, 0.717) is 17.2 Å². The molecule has 4 aromatic rings. The SMILES string of the molecule is COc1ccccc1OCCN(CC(O)COc1cccc2[nH]c3ccccc3c12)[C@@H]1O[C@H](C(=O)O)[C@@H](O)[C@H](O)[C@H]1O. The number of ether oxygens (including phenoxy) is 4. The number of aliphatic carboxylic acids is 1. The zero-order valence-corrected chi connectivity index (χ0v) is 22.9. The van der Waals surface area contributed by atoms with E-state index in [1.54, 1.807) is 30.3 Å². The van der Waals surface area contributed by atoms with E-state index in [4.69, 9.17) is 18.9 Å².